The van der Waals surface area contributed by atoms with Crippen LogP contribution in [0.4, 0.5) is 0 Å². The van der Waals surface area contributed by atoms with Crippen molar-refractivity contribution in [2.45, 2.75) is 5.41 Å². The highest BCUT2D eigenvalue weighted by atomic mass is 14.4. The third-order valence-corrected chi connectivity index (χ3v) is 4.08. The lowest BCUT2D eigenvalue weighted by Crippen LogP contribution is -2.18. The van der Waals surface area contributed by atoms with Crippen molar-refractivity contribution < 1.29 is 0 Å². The summed E-state index contributed by atoms with van der Waals surface area (Å²) in [5.41, 5.74) is 1.56. The lowest BCUT2D eigenvalue weighted by Gasteiger charge is -2.23. The highest BCUT2D eigenvalue weighted by Crippen LogP contribution is 2.49. The summed E-state index contributed by atoms with van der Waals surface area (Å²) in [5.74, 6) is 0.489. The summed E-state index contributed by atoms with van der Waals surface area (Å²) >= 11 is 0. The average Bonchev–Trinajstić information content (AvgIpc) is 3.04. The molecule has 0 amide bonds. The molecule has 0 aliphatic heterocycles. The summed E-state index contributed by atoms with van der Waals surface area (Å²) in [6, 6.07) is 15.3. The van der Waals surface area contributed by atoms with E-state index in [0.29, 0.717) is 5.92 Å². The molecule has 0 unspecified atom stereocenters. The molecular formula is C18H14. The zero-order chi connectivity index (χ0) is 12.0. The molecule has 0 nitrogen and oxygen atoms in total. The lowest BCUT2D eigenvalue weighted by molar-refractivity contribution is 0.648. The van der Waals surface area contributed by atoms with Gasteiger partial charge in [-0.15, -0.1) is 0 Å². The molecule has 0 spiro atoms. The first-order valence-corrected chi connectivity index (χ1v) is 6.44. The number of hydrogen-bond donors (Lipinski definition) is 0. The monoisotopic (exact) mass is 230 g/mol. The van der Waals surface area contributed by atoms with Gasteiger partial charge in [0.1, 0.15) is 0 Å². The molecule has 0 radical (unpaired) electrons. The Balaban J connectivity index is 1.93. The van der Waals surface area contributed by atoms with Gasteiger partial charge in [-0.25, -0.2) is 0 Å². The molecule has 86 valence electrons. The number of fused-ring (bicyclic) bond motifs is 1. The van der Waals surface area contributed by atoms with Crippen molar-refractivity contribution in [3.05, 3.63) is 84.5 Å². The van der Waals surface area contributed by atoms with Gasteiger partial charge in [0.05, 0.1) is 0 Å². The Labute approximate surface area is 107 Å². The van der Waals surface area contributed by atoms with E-state index in [-0.39, 0.29) is 5.41 Å². The fourth-order valence-electron chi connectivity index (χ4n) is 3.02. The fourth-order valence-corrected chi connectivity index (χ4v) is 3.02. The van der Waals surface area contributed by atoms with Crippen LogP contribution in [0.5, 0.6) is 0 Å². The van der Waals surface area contributed by atoms with E-state index in [1.807, 2.05) is 0 Å². The van der Waals surface area contributed by atoms with E-state index in [0.717, 1.165) is 0 Å². The first kappa shape index (κ1) is 9.90. The van der Waals surface area contributed by atoms with E-state index in [1.54, 1.807) is 0 Å². The summed E-state index contributed by atoms with van der Waals surface area (Å²) in [7, 11) is 0. The van der Waals surface area contributed by atoms with Crippen molar-refractivity contribution in [1.29, 1.82) is 0 Å². The van der Waals surface area contributed by atoms with Gasteiger partial charge in [-0.05, 0) is 16.3 Å². The van der Waals surface area contributed by atoms with Crippen molar-refractivity contribution in [2.24, 2.45) is 5.92 Å². The van der Waals surface area contributed by atoms with Gasteiger partial charge in [-0.1, -0.05) is 78.9 Å². The molecule has 0 saturated carbocycles. The van der Waals surface area contributed by atoms with Crippen LogP contribution in [0.3, 0.4) is 0 Å². The summed E-state index contributed by atoms with van der Waals surface area (Å²) in [5, 5.41) is 2.70. The molecule has 2 aliphatic rings. The highest BCUT2D eigenvalue weighted by Gasteiger charge is 2.42. The van der Waals surface area contributed by atoms with Crippen LogP contribution in [-0.2, 0) is 5.41 Å². The summed E-state index contributed by atoms with van der Waals surface area (Å²) in [4.78, 5) is 0. The quantitative estimate of drug-likeness (QED) is 0.671. The molecule has 0 N–H and O–H groups in total. The van der Waals surface area contributed by atoms with E-state index >= 15 is 0 Å². The molecular weight excluding hydrogens is 216 g/mol. The first-order valence-electron chi connectivity index (χ1n) is 6.44. The van der Waals surface area contributed by atoms with Gasteiger partial charge in [0, 0.05) is 11.3 Å². The second-order valence-electron chi connectivity index (χ2n) is 5.09. The van der Waals surface area contributed by atoms with Gasteiger partial charge >= 0.3 is 0 Å². The molecule has 0 bridgehead atoms. The van der Waals surface area contributed by atoms with Crippen LogP contribution in [-0.4, -0.2) is 0 Å². The van der Waals surface area contributed by atoms with Crippen molar-refractivity contribution in [1.82, 2.24) is 0 Å². The van der Waals surface area contributed by atoms with E-state index in [2.05, 4.69) is 78.9 Å². The van der Waals surface area contributed by atoms with Crippen LogP contribution >= 0.6 is 0 Å². The van der Waals surface area contributed by atoms with Crippen molar-refractivity contribution in [3.63, 3.8) is 0 Å². The third kappa shape index (κ3) is 1.26. The zero-order valence-corrected chi connectivity index (χ0v) is 10.1. The Morgan fingerprint density at radius 1 is 0.778 bits per heavy atom. The smallest absolute Gasteiger partial charge is 0.0416 e. The zero-order valence-electron chi connectivity index (χ0n) is 10.1. The largest absolute Gasteiger partial charge is 0.0761 e. The minimum absolute atomic E-state index is 0.129. The Kier molecular flexibility index (Phi) is 1.90. The maximum atomic E-state index is 2.33. The van der Waals surface area contributed by atoms with E-state index in [4.69, 9.17) is 0 Å². The Morgan fingerprint density at radius 3 is 2.28 bits per heavy atom. The number of rotatable bonds is 2. The van der Waals surface area contributed by atoms with Gasteiger partial charge in [0.15, 0.2) is 0 Å². The fraction of sp³-hybridized carbons (Fsp3) is 0.111. The van der Waals surface area contributed by atoms with Gasteiger partial charge in [-0.2, -0.15) is 0 Å². The number of hydrogen-bond acceptors (Lipinski definition) is 0. The lowest BCUT2D eigenvalue weighted by atomic mass is 9.79. The first-order chi connectivity index (χ1) is 8.90. The second kappa shape index (κ2) is 3.46. The SMILES string of the molecule is C1=CC(C2(c3cccc4ccccc34)C=C2)C=C1. The van der Waals surface area contributed by atoms with Crippen molar-refractivity contribution in [2.75, 3.05) is 0 Å². The Bertz CT molecular complexity index is 678. The topological polar surface area (TPSA) is 0 Å². The van der Waals surface area contributed by atoms with E-state index < -0.39 is 0 Å². The van der Waals surface area contributed by atoms with E-state index in [9.17, 15) is 0 Å². The molecule has 0 heteroatoms. The predicted octanol–water partition coefficient (Wildman–Crippen LogP) is 4.39. The molecule has 0 aromatic heterocycles. The molecule has 2 aliphatic carbocycles. The molecule has 0 heterocycles. The van der Waals surface area contributed by atoms with Crippen LogP contribution < -0.4 is 0 Å². The molecule has 2 aromatic carbocycles. The van der Waals surface area contributed by atoms with Crippen molar-refractivity contribution >= 4 is 10.8 Å². The molecule has 0 saturated heterocycles. The summed E-state index contributed by atoms with van der Waals surface area (Å²) < 4.78 is 0. The number of allylic oxidation sites excluding steroid dienone is 6. The second-order valence-corrected chi connectivity index (χ2v) is 5.09. The summed E-state index contributed by atoms with van der Waals surface area (Å²) in [6.07, 6.45) is 13.6. The molecule has 4 rings (SSSR count). The van der Waals surface area contributed by atoms with Gasteiger partial charge in [0.25, 0.3) is 0 Å². The van der Waals surface area contributed by atoms with Crippen LogP contribution in [0.25, 0.3) is 10.8 Å². The van der Waals surface area contributed by atoms with Crippen LogP contribution in [0.1, 0.15) is 5.56 Å². The molecule has 2 aromatic rings. The standard InChI is InChI=1S/C18H14/c1-4-10-16-14(6-1)7-5-11-17(16)18(12-13-18)15-8-2-3-9-15/h1-13,15H. The molecule has 18 heavy (non-hydrogen) atoms. The maximum absolute atomic E-state index is 2.33. The van der Waals surface area contributed by atoms with E-state index in [1.165, 1.54) is 16.3 Å². The third-order valence-electron chi connectivity index (χ3n) is 4.08. The number of benzene rings is 2. The predicted molar refractivity (Wildman–Crippen MR) is 76.5 cm³/mol. The van der Waals surface area contributed by atoms with Crippen molar-refractivity contribution in [3.8, 4) is 0 Å². The van der Waals surface area contributed by atoms with Crippen LogP contribution in [0.15, 0.2) is 78.9 Å². The Hall–Kier alpha value is -2.08. The Morgan fingerprint density at radius 2 is 1.50 bits per heavy atom. The molecule has 0 fully saturated rings. The van der Waals surface area contributed by atoms with Crippen LogP contribution in [0.2, 0.25) is 0 Å². The minimum Gasteiger partial charge on any atom is -0.0761 e. The van der Waals surface area contributed by atoms with Gasteiger partial charge in [0.2, 0.25) is 0 Å². The van der Waals surface area contributed by atoms with Gasteiger partial charge < -0.3 is 0 Å². The molecule has 0 atom stereocenters. The maximum Gasteiger partial charge on any atom is 0.0416 e. The van der Waals surface area contributed by atoms with Crippen LogP contribution in [0, 0.1) is 5.92 Å². The van der Waals surface area contributed by atoms with Gasteiger partial charge in [-0.3, -0.25) is 0 Å². The highest BCUT2D eigenvalue weighted by molar-refractivity contribution is 5.88. The summed E-state index contributed by atoms with van der Waals surface area (Å²) in [6.45, 7) is 0. The average molecular weight is 230 g/mol. The normalized spacial score (nSPS) is 19.8. The minimum atomic E-state index is 0.129.